The first-order chi connectivity index (χ1) is 6.38. The Balaban J connectivity index is 2.26. The van der Waals surface area contributed by atoms with Gasteiger partial charge in [0.25, 0.3) is 5.91 Å². The normalized spacial score (nSPS) is 20.6. The zero-order chi connectivity index (χ0) is 9.10. The van der Waals surface area contributed by atoms with Crippen LogP contribution in [0.2, 0.25) is 0 Å². The molecule has 0 aliphatic carbocycles. The SMILES string of the molecule is O=C1NN=CO[C@H]1c1ccccc1. The second-order valence-electron chi connectivity index (χ2n) is 2.64. The molecule has 2 rings (SSSR count). The second-order valence-corrected chi connectivity index (χ2v) is 2.64. The van der Waals surface area contributed by atoms with Gasteiger partial charge in [0, 0.05) is 5.56 Å². The molecule has 4 heteroatoms. The molecule has 1 amide bonds. The molecule has 66 valence electrons. The van der Waals surface area contributed by atoms with Gasteiger partial charge in [-0.05, 0) is 0 Å². The van der Waals surface area contributed by atoms with Crippen LogP contribution in [-0.4, -0.2) is 12.3 Å². The summed E-state index contributed by atoms with van der Waals surface area (Å²) in [7, 11) is 0. The van der Waals surface area contributed by atoms with Crippen molar-refractivity contribution in [1.29, 1.82) is 0 Å². The molecular formula is C9H8N2O2. The minimum atomic E-state index is -0.571. The monoisotopic (exact) mass is 176 g/mol. The van der Waals surface area contributed by atoms with Crippen LogP contribution in [0.3, 0.4) is 0 Å². The van der Waals surface area contributed by atoms with E-state index >= 15 is 0 Å². The van der Waals surface area contributed by atoms with Gasteiger partial charge in [0.1, 0.15) is 0 Å². The van der Waals surface area contributed by atoms with Gasteiger partial charge in [0.05, 0.1) is 0 Å². The summed E-state index contributed by atoms with van der Waals surface area (Å²) in [6, 6.07) is 9.28. The number of ether oxygens (including phenoxy) is 1. The molecule has 0 saturated carbocycles. The molecule has 0 aromatic heterocycles. The van der Waals surface area contributed by atoms with E-state index in [0.29, 0.717) is 0 Å². The molecule has 0 fully saturated rings. The van der Waals surface area contributed by atoms with Gasteiger partial charge in [-0.25, -0.2) is 5.43 Å². The second kappa shape index (κ2) is 3.26. The highest BCUT2D eigenvalue weighted by atomic mass is 16.5. The number of amides is 1. The van der Waals surface area contributed by atoms with Crippen LogP contribution in [0.5, 0.6) is 0 Å². The molecule has 4 nitrogen and oxygen atoms in total. The Morgan fingerprint density at radius 2 is 2.08 bits per heavy atom. The van der Waals surface area contributed by atoms with Crippen molar-refractivity contribution in [3.05, 3.63) is 35.9 Å². The van der Waals surface area contributed by atoms with Crippen molar-refractivity contribution < 1.29 is 9.53 Å². The molecule has 1 aromatic rings. The lowest BCUT2D eigenvalue weighted by Crippen LogP contribution is -2.31. The summed E-state index contributed by atoms with van der Waals surface area (Å²) in [6.07, 6.45) is 0.665. The highest BCUT2D eigenvalue weighted by Gasteiger charge is 2.23. The lowest BCUT2D eigenvalue weighted by molar-refractivity contribution is -0.129. The summed E-state index contributed by atoms with van der Waals surface area (Å²) in [5.41, 5.74) is 3.16. The van der Waals surface area contributed by atoms with Gasteiger partial charge in [-0.3, -0.25) is 4.79 Å². The zero-order valence-electron chi connectivity index (χ0n) is 6.81. The smallest absolute Gasteiger partial charge is 0.285 e. The Kier molecular flexibility index (Phi) is 1.96. The third-order valence-electron chi connectivity index (χ3n) is 1.76. The van der Waals surface area contributed by atoms with Gasteiger partial charge in [0.15, 0.2) is 6.40 Å². The third-order valence-corrected chi connectivity index (χ3v) is 1.76. The fraction of sp³-hybridized carbons (Fsp3) is 0.111. The number of hydrogen-bond donors (Lipinski definition) is 1. The van der Waals surface area contributed by atoms with Gasteiger partial charge in [-0.15, -0.1) is 5.10 Å². The van der Waals surface area contributed by atoms with E-state index in [4.69, 9.17) is 4.74 Å². The van der Waals surface area contributed by atoms with Crippen LogP contribution in [0.25, 0.3) is 0 Å². The molecule has 13 heavy (non-hydrogen) atoms. The number of nitrogens with one attached hydrogen (secondary N) is 1. The number of rotatable bonds is 1. The highest BCUT2D eigenvalue weighted by molar-refractivity contribution is 5.85. The van der Waals surface area contributed by atoms with Crippen LogP contribution < -0.4 is 5.43 Å². The van der Waals surface area contributed by atoms with Gasteiger partial charge in [0.2, 0.25) is 6.10 Å². The molecule has 1 aromatic carbocycles. The van der Waals surface area contributed by atoms with Gasteiger partial charge in [-0.1, -0.05) is 30.3 Å². The average molecular weight is 176 g/mol. The Bertz CT molecular complexity index is 335. The van der Waals surface area contributed by atoms with Crippen molar-refractivity contribution in [3.63, 3.8) is 0 Å². The molecule has 1 aliphatic rings. The topological polar surface area (TPSA) is 50.7 Å². The maximum atomic E-state index is 11.2. The molecule has 0 spiro atoms. The van der Waals surface area contributed by atoms with Crippen LogP contribution in [0, 0.1) is 0 Å². The average Bonchev–Trinajstić information content (AvgIpc) is 2.20. The number of carbonyl (C=O) groups is 1. The fourth-order valence-electron chi connectivity index (χ4n) is 1.16. The third kappa shape index (κ3) is 1.51. The van der Waals surface area contributed by atoms with E-state index in [1.54, 1.807) is 0 Å². The summed E-state index contributed by atoms with van der Waals surface area (Å²) < 4.78 is 5.07. The Labute approximate surface area is 75.2 Å². The molecule has 0 bridgehead atoms. The first-order valence-electron chi connectivity index (χ1n) is 3.90. The summed E-state index contributed by atoms with van der Waals surface area (Å²) in [5.74, 6) is -0.242. The number of nitrogens with zero attached hydrogens (tertiary/aromatic N) is 1. The Morgan fingerprint density at radius 1 is 1.31 bits per heavy atom. The maximum absolute atomic E-state index is 11.2. The van der Waals surface area contributed by atoms with E-state index in [1.165, 1.54) is 6.40 Å². The van der Waals surface area contributed by atoms with Crippen LogP contribution in [0.4, 0.5) is 0 Å². The number of hydrogen-bond acceptors (Lipinski definition) is 3. The lowest BCUT2D eigenvalue weighted by atomic mass is 10.1. The first-order valence-corrected chi connectivity index (χ1v) is 3.90. The molecule has 1 N–H and O–H groups in total. The van der Waals surface area contributed by atoms with Gasteiger partial charge >= 0.3 is 0 Å². The maximum Gasteiger partial charge on any atom is 0.285 e. The number of hydrazone groups is 1. The van der Waals surface area contributed by atoms with Crippen molar-refractivity contribution >= 4 is 12.3 Å². The van der Waals surface area contributed by atoms with E-state index in [-0.39, 0.29) is 5.91 Å². The van der Waals surface area contributed by atoms with Gasteiger partial charge in [-0.2, -0.15) is 0 Å². The Morgan fingerprint density at radius 3 is 2.77 bits per heavy atom. The molecular weight excluding hydrogens is 168 g/mol. The van der Waals surface area contributed by atoms with Gasteiger partial charge < -0.3 is 4.74 Å². The van der Waals surface area contributed by atoms with Crippen LogP contribution in [-0.2, 0) is 9.53 Å². The molecule has 0 radical (unpaired) electrons. The van der Waals surface area contributed by atoms with E-state index in [9.17, 15) is 4.79 Å². The summed E-state index contributed by atoms with van der Waals surface area (Å²) in [4.78, 5) is 11.2. The van der Waals surface area contributed by atoms with Crippen molar-refractivity contribution in [2.24, 2.45) is 5.10 Å². The van der Waals surface area contributed by atoms with E-state index in [0.717, 1.165) is 5.56 Å². The first kappa shape index (κ1) is 7.79. The molecule has 1 atom stereocenters. The van der Waals surface area contributed by atoms with Crippen molar-refractivity contribution in [2.45, 2.75) is 6.10 Å². The van der Waals surface area contributed by atoms with Crippen LogP contribution in [0.15, 0.2) is 35.4 Å². The summed E-state index contributed by atoms with van der Waals surface area (Å²) in [6.45, 7) is 0. The quantitative estimate of drug-likeness (QED) is 0.688. The van der Waals surface area contributed by atoms with Crippen LogP contribution in [0.1, 0.15) is 11.7 Å². The van der Waals surface area contributed by atoms with Crippen LogP contribution >= 0.6 is 0 Å². The number of benzene rings is 1. The van der Waals surface area contributed by atoms with Crippen molar-refractivity contribution in [2.75, 3.05) is 0 Å². The van der Waals surface area contributed by atoms with E-state index in [1.807, 2.05) is 30.3 Å². The van der Waals surface area contributed by atoms with E-state index < -0.39 is 6.10 Å². The van der Waals surface area contributed by atoms with Crippen molar-refractivity contribution in [3.8, 4) is 0 Å². The summed E-state index contributed by atoms with van der Waals surface area (Å²) >= 11 is 0. The summed E-state index contributed by atoms with van der Waals surface area (Å²) in [5, 5.41) is 3.49. The standard InChI is InChI=1S/C9H8N2O2/c12-9-8(13-6-10-11-9)7-4-2-1-3-5-7/h1-6,8H,(H,11,12)/t8-/m0/s1. The largest absolute Gasteiger partial charge is 0.464 e. The molecule has 1 aliphatic heterocycles. The molecule has 0 unspecified atom stereocenters. The zero-order valence-corrected chi connectivity index (χ0v) is 6.81. The highest BCUT2D eigenvalue weighted by Crippen LogP contribution is 2.17. The minimum absolute atomic E-state index is 0.242. The predicted molar refractivity (Wildman–Crippen MR) is 46.9 cm³/mol. The predicted octanol–water partition coefficient (Wildman–Crippen LogP) is 0.817. The number of carbonyl (C=O) groups excluding carboxylic acids is 1. The fourth-order valence-corrected chi connectivity index (χ4v) is 1.16. The van der Waals surface area contributed by atoms with Crippen molar-refractivity contribution in [1.82, 2.24) is 5.43 Å². The Hall–Kier alpha value is -1.84. The lowest BCUT2D eigenvalue weighted by Gasteiger charge is -2.17. The van der Waals surface area contributed by atoms with E-state index in [2.05, 4.69) is 10.5 Å². The molecule has 0 saturated heterocycles. The minimum Gasteiger partial charge on any atom is -0.464 e. The molecule has 1 heterocycles.